The molecule has 0 amide bonds. The minimum Gasteiger partial charge on any atom is -0.303 e. The van der Waals surface area contributed by atoms with E-state index in [-0.39, 0.29) is 5.56 Å². The van der Waals surface area contributed by atoms with Crippen LogP contribution in [-0.4, -0.2) is 39.8 Å². The lowest BCUT2D eigenvalue weighted by Gasteiger charge is -2.26. The van der Waals surface area contributed by atoms with Gasteiger partial charge in [0, 0.05) is 23.3 Å². The number of halogens is 1. The molecule has 1 fully saturated rings. The molecule has 4 nitrogen and oxygen atoms in total. The summed E-state index contributed by atoms with van der Waals surface area (Å²) in [6.45, 7) is 6.14. The monoisotopic (exact) mass is 395 g/mol. The van der Waals surface area contributed by atoms with Crippen LogP contribution in [0, 0.1) is 0 Å². The Morgan fingerprint density at radius 2 is 2.04 bits per heavy atom. The first-order chi connectivity index (χ1) is 11.2. The normalized spacial score (nSPS) is 16.1. The van der Waals surface area contributed by atoms with Gasteiger partial charge in [-0.15, -0.1) is 0 Å². The van der Waals surface area contributed by atoms with Crippen molar-refractivity contribution in [3.63, 3.8) is 0 Å². The molecule has 0 radical (unpaired) electrons. The second kappa shape index (κ2) is 7.81. The van der Waals surface area contributed by atoms with E-state index in [0.717, 1.165) is 27.4 Å². The highest BCUT2D eigenvalue weighted by atomic mass is 79.9. The molecule has 23 heavy (non-hydrogen) atoms. The number of rotatable bonds is 5. The molecule has 0 bridgehead atoms. The van der Waals surface area contributed by atoms with Crippen LogP contribution in [-0.2, 0) is 6.54 Å². The van der Waals surface area contributed by atoms with E-state index in [9.17, 15) is 4.79 Å². The van der Waals surface area contributed by atoms with Crippen molar-refractivity contribution in [1.82, 2.24) is 14.5 Å². The Labute approximate surface area is 149 Å². The van der Waals surface area contributed by atoms with E-state index in [4.69, 9.17) is 4.98 Å². The molecular formula is C17H22BrN3OS. The van der Waals surface area contributed by atoms with Crippen LogP contribution < -0.4 is 5.56 Å². The second-order valence-corrected chi connectivity index (χ2v) is 7.83. The summed E-state index contributed by atoms with van der Waals surface area (Å²) in [5.41, 5.74) is 0.836. The van der Waals surface area contributed by atoms with Gasteiger partial charge in [-0.3, -0.25) is 9.36 Å². The zero-order chi connectivity index (χ0) is 16.2. The second-order valence-electron chi connectivity index (χ2n) is 5.86. The molecule has 1 aliphatic heterocycles. The van der Waals surface area contributed by atoms with Gasteiger partial charge in [0.15, 0.2) is 5.16 Å². The van der Waals surface area contributed by atoms with Gasteiger partial charge in [0.1, 0.15) is 0 Å². The van der Waals surface area contributed by atoms with Crippen LogP contribution in [0.25, 0.3) is 10.9 Å². The molecule has 6 heteroatoms. The van der Waals surface area contributed by atoms with Crippen LogP contribution in [0.2, 0.25) is 0 Å². The number of piperidine rings is 1. The van der Waals surface area contributed by atoms with Crippen LogP contribution in [0.4, 0.5) is 0 Å². The van der Waals surface area contributed by atoms with Crippen LogP contribution >= 0.6 is 27.7 Å². The van der Waals surface area contributed by atoms with Gasteiger partial charge >= 0.3 is 0 Å². The van der Waals surface area contributed by atoms with Gasteiger partial charge < -0.3 is 4.90 Å². The lowest BCUT2D eigenvalue weighted by atomic mass is 10.1. The van der Waals surface area contributed by atoms with Crippen molar-refractivity contribution in [2.45, 2.75) is 37.9 Å². The van der Waals surface area contributed by atoms with Crippen LogP contribution in [0.3, 0.4) is 0 Å². The van der Waals surface area contributed by atoms with Crippen molar-refractivity contribution in [1.29, 1.82) is 0 Å². The van der Waals surface area contributed by atoms with Crippen molar-refractivity contribution in [2.24, 2.45) is 0 Å². The van der Waals surface area contributed by atoms with Gasteiger partial charge in [-0.05, 0) is 51.1 Å². The number of hydrogen-bond donors (Lipinski definition) is 0. The predicted molar refractivity (Wildman–Crippen MR) is 100 cm³/mol. The maximum Gasteiger partial charge on any atom is 0.262 e. The maximum atomic E-state index is 12.7. The van der Waals surface area contributed by atoms with Crippen LogP contribution in [0.5, 0.6) is 0 Å². The van der Waals surface area contributed by atoms with Crippen molar-refractivity contribution >= 4 is 38.6 Å². The molecule has 1 aliphatic rings. The van der Waals surface area contributed by atoms with Crippen LogP contribution in [0.1, 0.15) is 26.2 Å². The van der Waals surface area contributed by atoms with Crippen molar-refractivity contribution in [3.05, 3.63) is 33.0 Å². The average molecular weight is 396 g/mol. The number of nitrogens with zero attached hydrogens (tertiary/aromatic N) is 3. The molecule has 0 unspecified atom stereocenters. The van der Waals surface area contributed by atoms with Gasteiger partial charge in [-0.25, -0.2) is 4.98 Å². The number of benzene rings is 1. The molecule has 0 saturated carbocycles. The predicted octanol–water partition coefficient (Wildman–Crippen LogP) is 3.76. The lowest BCUT2D eigenvalue weighted by Crippen LogP contribution is -2.31. The third kappa shape index (κ3) is 3.98. The lowest BCUT2D eigenvalue weighted by molar-refractivity contribution is 0.242. The van der Waals surface area contributed by atoms with E-state index < -0.39 is 0 Å². The number of thioether (sulfide) groups is 1. The third-order valence-electron chi connectivity index (χ3n) is 4.28. The SMILES string of the molecule is CCn1c(SCCN2CCCCC2)nc2ccc(Br)cc2c1=O. The Kier molecular flexibility index (Phi) is 5.77. The molecule has 1 saturated heterocycles. The Bertz CT molecular complexity index is 740. The summed E-state index contributed by atoms with van der Waals surface area (Å²) >= 11 is 5.13. The summed E-state index contributed by atoms with van der Waals surface area (Å²) in [6.07, 6.45) is 3.99. The summed E-state index contributed by atoms with van der Waals surface area (Å²) in [5, 5.41) is 1.52. The summed E-state index contributed by atoms with van der Waals surface area (Å²) in [6, 6.07) is 5.71. The standard InChI is InChI=1S/C17H22BrN3OS/c1-2-21-16(22)14-12-13(18)6-7-15(14)19-17(21)23-11-10-20-8-4-3-5-9-20/h6-7,12H,2-5,8-11H2,1H3. The van der Waals surface area contributed by atoms with Gasteiger partial charge in [0.2, 0.25) is 0 Å². The van der Waals surface area contributed by atoms with Gasteiger partial charge in [-0.1, -0.05) is 34.1 Å². The van der Waals surface area contributed by atoms with E-state index in [1.165, 1.54) is 32.4 Å². The largest absolute Gasteiger partial charge is 0.303 e. The Morgan fingerprint density at radius 3 is 2.78 bits per heavy atom. The quantitative estimate of drug-likeness (QED) is 0.570. The molecule has 2 aromatic rings. The van der Waals surface area contributed by atoms with Gasteiger partial charge in [0.05, 0.1) is 10.9 Å². The smallest absolute Gasteiger partial charge is 0.262 e. The van der Waals surface area contributed by atoms with Crippen molar-refractivity contribution < 1.29 is 0 Å². The number of likely N-dealkylation sites (tertiary alicyclic amines) is 1. The highest BCUT2D eigenvalue weighted by molar-refractivity contribution is 9.10. The fraction of sp³-hybridized carbons (Fsp3) is 0.529. The van der Waals surface area contributed by atoms with Crippen molar-refractivity contribution in [2.75, 3.05) is 25.4 Å². The summed E-state index contributed by atoms with van der Waals surface area (Å²) < 4.78 is 2.70. The number of hydrogen-bond acceptors (Lipinski definition) is 4. The van der Waals surface area contributed by atoms with Gasteiger partial charge in [-0.2, -0.15) is 0 Å². The molecule has 0 N–H and O–H groups in total. The fourth-order valence-electron chi connectivity index (χ4n) is 3.01. The van der Waals surface area contributed by atoms with Crippen LogP contribution in [0.15, 0.2) is 32.6 Å². The highest BCUT2D eigenvalue weighted by Gasteiger charge is 2.13. The highest BCUT2D eigenvalue weighted by Crippen LogP contribution is 2.21. The van der Waals surface area contributed by atoms with E-state index in [1.807, 2.05) is 25.1 Å². The topological polar surface area (TPSA) is 38.1 Å². The Hall–Kier alpha value is -0.850. The number of aromatic nitrogens is 2. The summed E-state index contributed by atoms with van der Waals surface area (Å²) in [7, 11) is 0. The number of fused-ring (bicyclic) bond motifs is 1. The third-order valence-corrected chi connectivity index (χ3v) is 5.73. The molecule has 0 atom stereocenters. The first-order valence-corrected chi connectivity index (χ1v) is 10.0. The van der Waals surface area contributed by atoms with E-state index >= 15 is 0 Å². The molecule has 0 aliphatic carbocycles. The summed E-state index contributed by atoms with van der Waals surface area (Å²) in [5.74, 6) is 0.981. The molecule has 2 heterocycles. The Morgan fingerprint density at radius 1 is 1.26 bits per heavy atom. The van der Waals surface area contributed by atoms with E-state index in [2.05, 4.69) is 20.8 Å². The molecule has 124 valence electrons. The Balaban J connectivity index is 1.79. The van der Waals surface area contributed by atoms with E-state index in [0.29, 0.717) is 11.9 Å². The van der Waals surface area contributed by atoms with E-state index in [1.54, 1.807) is 16.3 Å². The van der Waals surface area contributed by atoms with Crippen molar-refractivity contribution in [3.8, 4) is 0 Å². The van der Waals surface area contributed by atoms with Gasteiger partial charge in [0.25, 0.3) is 5.56 Å². The molecular weight excluding hydrogens is 374 g/mol. The summed E-state index contributed by atoms with van der Waals surface area (Å²) in [4.78, 5) is 19.9. The first-order valence-electron chi connectivity index (χ1n) is 8.24. The zero-order valence-corrected chi connectivity index (χ0v) is 15.8. The fourth-order valence-corrected chi connectivity index (χ4v) is 4.43. The minimum absolute atomic E-state index is 0.0549. The molecule has 1 aromatic carbocycles. The zero-order valence-electron chi connectivity index (χ0n) is 13.4. The minimum atomic E-state index is 0.0549. The molecule has 1 aromatic heterocycles. The maximum absolute atomic E-state index is 12.7. The molecule has 3 rings (SSSR count). The average Bonchev–Trinajstić information content (AvgIpc) is 2.57. The molecule has 0 spiro atoms. The first kappa shape index (κ1) is 17.0.